The Labute approximate surface area is 271 Å². The maximum Gasteiger partial charge on any atom is 0.332 e. The van der Waals surface area contributed by atoms with Crippen molar-refractivity contribution >= 4 is 39.9 Å². The SMILES string of the molecule is COc1ccc2cc([C@@H]3C4=C(C[C@@H](C)[C@]5(Oc6c(Cl)c(OC)cc(OC)c6C5=O)C4=O)Nc4c3c(=O)n(C)c(=O)n4C)c(=O)[nH]c2c1. The molecule has 4 aromatic rings. The van der Waals surface area contributed by atoms with Gasteiger partial charge in [-0.25, -0.2) is 4.79 Å². The van der Waals surface area contributed by atoms with Crippen LogP contribution in [0.1, 0.15) is 40.7 Å². The number of ether oxygens (including phenoxy) is 4. The van der Waals surface area contributed by atoms with Crippen LogP contribution in [0.5, 0.6) is 23.0 Å². The summed E-state index contributed by atoms with van der Waals surface area (Å²) in [5.74, 6) is -2.59. The minimum Gasteiger partial charge on any atom is -0.497 e. The molecule has 0 amide bonds. The quantitative estimate of drug-likeness (QED) is 0.312. The van der Waals surface area contributed by atoms with E-state index in [9.17, 15) is 19.2 Å². The number of methoxy groups -OCH3 is 3. The first-order valence-corrected chi connectivity index (χ1v) is 15.0. The van der Waals surface area contributed by atoms with Crippen LogP contribution in [-0.2, 0) is 18.9 Å². The average molecular weight is 661 g/mol. The zero-order chi connectivity index (χ0) is 33.7. The van der Waals surface area contributed by atoms with E-state index < -0.39 is 45.8 Å². The number of ketones is 2. The first kappa shape index (κ1) is 30.4. The summed E-state index contributed by atoms with van der Waals surface area (Å²) in [6.45, 7) is 1.69. The van der Waals surface area contributed by atoms with Crippen molar-refractivity contribution in [1.82, 2.24) is 14.1 Å². The van der Waals surface area contributed by atoms with Crippen LogP contribution in [0.3, 0.4) is 0 Å². The number of hydrogen-bond acceptors (Lipinski definition) is 10. The molecule has 0 saturated carbocycles. The summed E-state index contributed by atoms with van der Waals surface area (Å²) in [6, 6.07) is 8.14. The van der Waals surface area contributed by atoms with E-state index in [4.69, 9.17) is 30.5 Å². The Balaban J connectivity index is 1.51. The standard InChI is InChI=1S/C33H29ClN4O9/c1-13-9-18-22(27(39)33(13)28(40)23-19(45-5)12-20(46-6)25(34)26(23)47-33)21(24-29(35-18)37(2)32(43)38(3)31(24)42)16-10-14-7-8-15(44-4)11-17(14)36-30(16)41/h7-8,10-13,21,35H,9H2,1-6H3,(H,36,41)/t13-,21-,33+/m1/s1. The Morgan fingerprint density at radius 1 is 0.936 bits per heavy atom. The fourth-order valence-corrected chi connectivity index (χ4v) is 7.30. The van der Waals surface area contributed by atoms with E-state index >= 15 is 4.79 Å². The summed E-state index contributed by atoms with van der Waals surface area (Å²) in [6.07, 6.45) is 0.0832. The third kappa shape index (κ3) is 3.92. The lowest BCUT2D eigenvalue weighted by Crippen LogP contribution is -2.58. The van der Waals surface area contributed by atoms with Crippen LogP contribution < -0.4 is 41.1 Å². The fraction of sp³-hybridized carbons (Fsp3) is 0.303. The number of rotatable bonds is 4. The van der Waals surface area contributed by atoms with Crippen molar-refractivity contribution in [3.05, 3.63) is 94.5 Å². The zero-order valence-corrected chi connectivity index (χ0v) is 27.0. The molecule has 2 N–H and O–H groups in total. The number of benzene rings is 2. The smallest absolute Gasteiger partial charge is 0.332 e. The summed E-state index contributed by atoms with van der Waals surface area (Å²) in [5.41, 5.74) is -3.15. The summed E-state index contributed by atoms with van der Waals surface area (Å²) < 4.78 is 24.7. The molecule has 0 bridgehead atoms. The Kier molecular flexibility index (Phi) is 6.69. The lowest BCUT2D eigenvalue weighted by Gasteiger charge is -2.42. The van der Waals surface area contributed by atoms with Crippen molar-refractivity contribution in [2.24, 2.45) is 20.0 Å². The van der Waals surface area contributed by atoms with E-state index in [1.54, 1.807) is 31.2 Å². The number of H-pyrrole nitrogens is 1. The van der Waals surface area contributed by atoms with Gasteiger partial charge < -0.3 is 29.2 Å². The molecule has 242 valence electrons. The highest BCUT2D eigenvalue weighted by atomic mass is 35.5. The van der Waals surface area contributed by atoms with E-state index in [2.05, 4.69) is 10.3 Å². The molecule has 14 heteroatoms. The highest BCUT2D eigenvalue weighted by Gasteiger charge is 2.64. The number of carbonyl (C=O) groups excluding carboxylic acids is 2. The van der Waals surface area contributed by atoms with Crippen molar-refractivity contribution in [2.45, 2.75) is 24.9 Å². The first-order chi connectivity index (χ1) is 22.4. The van der Waals surface area contributed by atoms with Crippen molar-refractivity contribution in [2.75, 3.05) is 26.6 Å². The van der Waals surface area contributed by atoms with Gasteiger partial charge in [0.05, 0.1) is 38.3 Å². The van der Waals surface area contributed by atoms with Gasteiger partial charge in [0.15, 0.2) is 5.75 Å². The van der Waals surface area contributed by atoms with E-state index in [1.165, 1.54) is 46.1 Å². The number of aromatic amines is 1. The normalized spacial score (nSPS) is 21.3. The van der Waals surface area contributed by atoms with Gasteiger partial charge in [-0.05, 0) is 30.0 Å². The summed E-state index contributed by atoms with van der Waals surface area (Å²) in [5, 5.41) is 3.73. The van der Waals surface area contributed by atoms with Crippen molar-refractivity contribution in [3.63, 3.8) is 0 Å². The minimum absolute atomic E-state index is 0.00655. The van der Waals surface area contributed by atoms with Crippen LogP contribution in [0.15, 0.2) is 56.0 Å². The molecule has 0 radical (unpaired) electrons. The van der Waals surface area contributed by atoms with Crippen LogP contribution >= 0.6 is 11.6 Å². The van der Waals surface area contributed by atoms with E-state index in [1.807, 2.05) is 0 Å². The van der Waals surface area contributed by atoms with Crippen molar-refractivity contribution < 1.29 is 28.5 Å². The Morgan fingerprint density at radius 3 is 2.34 bits per heavy atom. The number of nitrogens with zero attached hydrogens (tertiary/aromatic N) is 2. The number of fused-ring (bicyclic) bond motifs is 3. The number of halogens is 1. The van der Waals surface area contributed by atoms with Gasteiger partial charge in [-0.15, -0.1) is 0 Å². The lowest BCUT2D eigenvalue weighted by atomic mass is 9.66. The van der Waals surface area contributed by atoms with Gasteiger partial charge in [0.2, 0.25) is 17.2 Å². The molecule has 2 aromatic heterocycles. The largest absolute Gasteiger partial charge is 0.497 e. The number of carbonyl (C=O) groups is 2. The van der Waals surface area contributed by atoms with Crippen molar-refractivity contribution in [1.29, 1.82) is 0 Å². The number of anilines is 1. The molecule has 3 atom stereocenters. The van der Waals surface area contributed by atoms with E-state index in [0.29, 0.717) is 22.3 Å². The molecular weight excluding hydrogens is 632 g/mol. The van der Waals surface area contributed by atoms with Gasteiger partial charge in [0.25, 0.3) is 11.1 Å². The number of allylic oxidation sites excluding steroid dienone is 1. The van der Waals surface area contributed by atoms with E-state index in [-0.39, 0.29) is 56.8 Å². The maximum absolute atomic E-state index is 15.1. The van der Waals surface area contributed by atoms with Crippen molar-refractivity contribution in [3.8, 4) is 23.0 Å². The van der Waals surface area contributed by atoms with Gasteiger partial charge in [-0.2, -0.15) is 0 Å². The Morgan fingerprint density at radius 2 is 1.66 bits per heavy atom. The van der Waals surface area contributed by atoms with Gasteiger partial charge in [0, 0.05) is 49.0 Å². The lowest BCUT2D eigenvalue weighted by molar-refractivity contribution is -0.130. The second kappa shape index (κ2) is 10.4. The Bertz CT molecular complexity index is 2320. The molecule has 2 aromatic carbocycles. The molecule has 4 heterocycles. The third-order valence-electron chi connectivity index (χ3n) is 9.47. The molecule has 3 aliphatic rings. The topological polar surface area (TPSA) is 160 Å². The average Bonchev–Trinajstić information content (AvgIpc) is 3.38. The second-order valence-electron chi connectivity index (χ2n) is 11.8. The third-order valence-corrected chi connectivity index (χ3v) is 9.83. The summed E-state index contributed by atoms with van der Waals surface area (Å²) in [7, 11) is 7.07. The number of Topliss-reactive ketones (excluding diaryl/α,β-unsaturated/α-hetero) is 2. The molecule has 13 nitrogen and oxygen atoms in total. The first-order valence-electron chi connectivity index (χ1n) is 14.6. The molecule has 2 aliphatic heterocycles. The van der Waals surface area contributed by atoms with Gasteiger partial charge in [-0.1, -0.05) is 18.5 Å². The van der Waals surface area contributed by atoms with Crippen LogP contribution in [0, 0.1) is 5.92 Å². The predicted molar refractivity (Wildman–Crippen MR) is 172 cm³/mol. The van der Waals surface area contributed by atoms with Gasteiger partial charge in [-0.3, -0.25) is 28.3 Å². The molecular formula is C33H29ClN4O9. The van der Waals surface area contributed by atoms with Gasteiger partial charge in [0.1, 0.15) is 33.7 Å². The van der Waals surface area contributed by atoms with Crippen LogP contribution in [0.4, 0.5) is 5.82 Å². The number of aromatic nitrogens is 3. The second-order valence-corrected chi connectivity index (χ2v) is 12.2. The van der Waals surface area contributed by atoms with Crippen LogP contribution in [-0.4, -0.2) is 52.6 Å². The Hall–Kier alpha value is -5.30. The monoisotopic (exact) mass is 660 g/mol. The predicted octanol–water partition coefficient (Wildman–Crippen LogP) is 3.04. The molecule has 47 heavy (non-hydrogen) atoms. The fourth-order valence-electron chi connectivity index (χ4n) is 7.04. The maximum atomic E-state index is 15.1. The summed E-state index contributed by atoms with van der Waals surface area (Å²) >= 11 is 6.62. The van der Waals surface area contributed by atoms with Crippen LogP contribution in [0.2, 0.25) is 5.02 Å². The molecule has 0 unspecified atom stereocenters. The van der Waals surface area contributed by atoms with Gasteiger partial charge >= 0.3 is 5.69 Å². The zero-order valence-electron chi connectivity index (χ0n) is 26.2. The molecule has 1 aliphatic carbocycles. The molecule has 7 rings (SSSR count). The molecule has 1 spiro atoms. The highest BCUT2D eigenvalue weighted by Crippen LogP contribution is 2.56. The number of pyridine rings is 1. The number of nitrogens with one attached hydrogen (secondary N) is 2. The number of hydrogen-bond donors (Lipinski definition) is 2. The minimum atomic E-state index is -2.11. The molecule has 0 saturated heterocycles. The highest BCUT2D eigenvalue weighted by molar-refractivity contribution is 6.36. The summed E-state index contributed by atoms with van der Waals surface area (Å²) in [4.78, 5) is 73.3. The molecule has 0 fully saturated rings. The van der Waals surface area contributed by atoms with Crippen LogP contribution in [0.25, 0.3) is 10.9 Å². The van der Waals surface area contributed by atoms with E-state index in [0.717, 1.165) is 4.57 Å².